The zero-order valence-electron chi connectivity index (χ0n) is 23.2. The van der Waals surface area contributed by atoms with Gasteiger partial charge in [0.1, 0.15) is 0 Å². The quantitative estimate of drug-likeness (QED) is 0.322. The number of benzene rings is 3. The number of thioether (sulfide) groups is 1. The molecule has 3 atom stereocenters. The Kier molecular flexibility index (Phi) is 8.56. The van der Waals surface area contributed by atoms with Gasteiger partial charge in [-0.1, -0.05) is 86.0 Å². The molecule has 2 aliphatic rings. The number of amides is 2. The van der Waals surface area contributed by atoms with E-state index in [-0.39, 0.29) is 23.8 Å². The molecule has 2 amide bonds. The number of nitrogens with one attached hydrogen (secondary N) is 1. The first-order valence-electron chi connectivity index (χ1n) is 14.1. The zero-order valence-corrected chi connectivity index (χ0v) is 24.0. The molecule has 0 aromatic heterocycles. The van der Waals surface area contributed by atoms with Gasteiger partial charge in [0.25, 0.3) is 11.8 Å². The van der Waals surface area contributed by atoms with Crippen molar-refractivity contribution in [2.45, 2.75) is 70.2 Å². The standard InChI is InChI=1S/C34H38N2O2S/c1-23-13-14-24(2)29(19-23)22-36-30-11-7-8-12-31(30)39-32(34(36)38)20-26-15-17-28(18-16-26)33(37)35-21-25(3)27-9-5-4-6-10-27/h4-6,9-10,13-20,25,30-31H,7-8,11-12,21-22H2,1-3H3,(H,35,37)/b32-20-. The third-order valence-electron chi connectivity index (χ3n) is 8.07. The summed E-state index contributed by atoms with van der Waals surface area (Å²) in [4.78, 5) is 29.5. The highest BCUT2D eigenvalue weighted by Crippen LogP contribution is 2.43. The fourth-order valence-corrected chi connectivity index (χ4v) is 7.12. The molecule has 39 heavy (non-hydrogen) atoms. The molecular weight excluding hydrogens is 500 g/mol. The lowest BCUT2D eigenvalue weighted by atomic mass is 9.92. The molecule has 1 saturated carbocycles. The van der Waals surface area contributed by atoms with Crippen LogP contribution in [0, 0.1) is 13.8 Å². The van der Waals surface area contributed by atoms with Gasteiger partial charge in [0.2, 0.25) is 0 Å². The number of nitrogens with zero attached hydrogens (tertiary/aromatic N) is 1. The summed E-state index contributed by atoms with van der Waals surface area (Å²) in [7, 11) is 0. The molecule has 5 rings (SSSR count). The molecule has 4 nitrogen and oxygen atoms in total. The Bertz CT molecular complexity index is 1350. The van der Waals surface area contributed by atoms with E-state index in [0.717, 1.165) is 23.3 Å². The van der Waals surface area contributed by atoms with Gasteiger partial charge in [-0.05, 0) is 73.1 Å². The summed E-state index contributed by atoms with van der Waals surface area (Å²) in [5.74, 6) is 0.286. The van der Waals surface area contributed by atoms with Gasteiger partial charge in [-0.25, -0.2) is 0 Å². The monoisotopic (exact) mass is 538 g/mol. The van der Waals surface area contributed by atoms with Crippen LogP contribution in [0.5, 0.6) is 0 Å². The van der Waals surface area contributed by atoms with Crippen molar-refractivity contribution >= 4 is 29.7 Å². The molecule has 0 spiro atoms. The van der Waals surface area contributed by atoms with Gasteiger partial charge in [0, 0.05) is 29.9 Å². The van der Waals surface area contributed by atoms with Crippen molar-refractivity contribution in [3.63, 3.8) is 0 Å². The third kappa shape index (κ3) is 6.47. The molecule has 0 radical (unpaired) electrons. The van der Waals surface area contributed by atoms with Crippen molar-refractivity contribution in [2.24, 2.45) is 0 Å². The maximum absolute atomic E-state index is 13.8. The fraction of sp³-hybridized carbons (Fsp3) is 0.353. The Hall–Kier alpha value is -3.31. The smallest absolute Gasteiger partial charge is 0.260 e. The largest absolute Gasteiger partial charge is 0.351 e. The van der Waals surface area contributed by atoms with E-state index in [0.29, 0.717) is 23.9 Å². The molecule has 1 aliphatic heterocycles. The van der Waals surface area contributed by atoms with Crippen LogP contribution in [-0.4, -0.2) is 34.6 Å². The highest BCUT2D eigenvalue weighted by Gasteiger charge is 2.40. The van der Waals surface area contributed by atoms with Gasteiger partial charge in [-0.3, -0.25) is 9.59 Å². The molecule has 3 unspecified atom stereocenters. The second-order valence-electron chi connectivity index (χ2n) is 11.0. The summed E-state index contributed by atoms with van der Waals surface area (Å²) < 4.78 is 0. The SMILES string of the molecule is Cc1ccc(C)c(CN2C(=O)/C(=C/c3ccc(C(=O)NCC(C)c4ccccc4)cc3)SC3CCCCC32)c1. The summed E-state index contributed by atoms with van der Waals surface area (Å²) in [5, 5.41) is 3.49. The number of aryl methyl sites for hydroxylation is 2. The van der Waals surface area contributed by atoms with Crippen molar-refractivity contribution in [3.05, 3.63) is 111 Å². The Morgan fingerprint density at radius 2 is 1.77 bits per heavy atom. The second kappa shape index (κ2) is 12.3. The minimum atomic E-state index is -0.0788. The first-order chi connectivity index (χ1) is 18.9. The van der Waals surface area contributed by atoms with Crippen LogP contribution in [0.25, 0.3) is 6.08 Å². The van der Waals surface area contributed by atoms with Crippen LogP contribution in [0.4, 0.5) is 0 Å². The third-order valence-corrected chi connectivity index (χ3v) is 9.47. The van der Waals surface area contributed by atoms with E-state index in [1.165, 1.54) is 35.1 Å². The predicted molar refractivity (Wildman–Crippen MR) is 162 cm³/mol. The Labute approximate surface area is 236 Å². The van der Waals surface area contributed by atoms with Crippen LogP contribution in [-0.2, 0) is 11.3 Å². The van der Waals surface area contributed by atoms with Crippen LogP contribution >= 0.6 is 11.8 Å². The molecule has 1 aliphatic carbocycles. The van der Waals surface area contributed by atoms with Crippen LogP contribution < -0.4 is 5.32 Å². The molecule has 1 N–H and O–H groups in total. The van der Waals surface area contributed by atoms with Crippen LogP contribution in [0.3, 0.4) is 0 Å². The van der Waals surface area contributed by atoms with Crippen molar-refractivity contribution < 1.29 is 9.59 Å². The zero-order chi connectivity index (χ0) is 27.4. The van der Waals surface area contributed by atoms with E-state index in [1.807, 2.05) is 48.5 Å². The van der Waals surface area contributed by atoms with E-state index >= 15 is 0 Å². The number of carbonyl (C=O) groups excluding carboxylic acids is 2. The normalized spacial score (nSPS) is 20.9. The van der Waals surface area contributed by atoms with E-state index in [9.17, 15) is 9.59 Å². The lowest BCUT2D eigenvalue weighted by Crippen LogP contribution is -2.50. The minimum absolute atomic E-state index is 0.0788. The van der Waals surface area contributed by atoms with E-state index < -0.39 is 0 Å². The second-order valence-corrected chi connectivity index (χ2v) is 12.3. The Morgan fingerprint density at radius 1 is 1.03 bits per heavy atom. The molecule has 5 heteroatoms. The van der Waals surface area contributed by atoms with E-state index in [2.05, 4.69) is 61.3 Å². The van der Waals surface area contributed by atoms with Gasteiger partial charge in [-0.15, -0.1) is 11.8 Å². The molecule has 0 bridgehead atoms. The number of hydrogen-bond acceptors (Lipinski definition) is 3. The average Bonchev–Trinajstić information content (AvgIpc) is 2.96. The average molecular weight is 539 g/mol. The van der Waals surface area contributed by atoms with E-state index in [1.54, 1.807) is 11.8 Å². The Balaban J connectivity index is 1.29. The summed E-state index contributed by atoms with van der Waals surface area (Å²) in [6, 6.07) is 24.6. The molecule has 1 heterocycles. The van der Waals surface area contributed by atoms with Gasteiger partial charge in [0.15, 0.2) is 0 Å². The lowest BCUT2D eigenvalue weighted by molar-refractivity contribution is -0.130. The van der Waals surface area contributed by atoms with Crippen LogP contribution in [0.15, 0.2) is 77.7 Å². The van der Waals surface area contributed by atoms with Crippen LogP contribution in [0.1, 0.15) is 76.7 Å². The summed E-state index contributed by atoms with van der Waals surface area (Å²) in [6.45, 7) is 7.60. The first kappa shape index (κ1) is 27.3. The molecule has 202 valence electrons. The predicted octanol–water partition coefficient (Wildman–Crippen LogP) is 7.26. The summed E-state index contributed by atoms with van der Waals surface area (Å²) in [6.07, 6.45) is 6.63. The molecule has 1 saturated heterocycles. The molecule has 3 aromatic carbocycles. The highest BCUT2D eigenvalue weighted by molar-refractivity contribution is 8.04. The Morgan fingerprint density at radius 3 is 2.54 bits per heavy atom. The van der Waals surface area contributed by atoms with Gasteiger partial charge < -0.3 is 10.2 Å². The number of fused-ring (bicyclic) bond motifs is 1. The first-order valence-corrected chi connectivity index (χ1v) is 15.0. The summed E-state index contributed by atoms with van der Waals surface area (Å²) >= 11 is 1.75. The number of carbonyl (C=O) groups is 2. The molecule has 2 fully saturated rings. The number of hydrogen-bond donors (Lipinski definition) is 1. The molecular formula is C34H38N2O2S. The van der Waals surface area contributed by atoms with Crippen LogP contribution in [0.2, 0.25) is 0 Å². The maximum Gasteiger partial charge on any atom is 0.260 e. The maximum atomic E-state index is 13.8. The summed E-state index contributed by atoms with van der Waals surface area (Å²) in [5.41, 5.74) is 6.47. The van der Waals surface area contributed by atoms with Gasteiger partial charge in [-0.2, -0.15) is 0 Å². The van der Waals surface area contributed by atoms with Crippen molar-refractivity contribution in [1.29, 1.82) is 0 Å². The molecule has 3 aromatic rings. The fourth-order valence-electron chi connectivity index (χ4n) is 5.65. The lowest BCUT2D eigenvalue weighted by Gasteiger charge is -2.44. The highest BCUT2D eigenvalue weighted by atomic mass is 32.2. The topological polar surface area (TPSA) is 49.4 Å². The van der Waals surface area contributed by atoms with Gasteiger partial charge >= 0.3 is 0 Å². The number of rotatable bonds is 7. The van der Waals surface area contributed by atoms with Crippen molar-refractivity contribution in [2.75, 3.05) is 6.54 Å². The van der Waals surface area contributed by atoms with Crippen molar-refractivity contribution in [3.8, 4) is 0 Å². The van der Waals surface area contributed by atoms with Crippen molar-refractivity contribution in [1.82, 2.24) is 10.2 Å². The minimum Gasteiger partial charge on any atom is -0.351 e. The van der Waals surface area contributed by atoms with Gasteiger partial charge in [0.05, 0.1) is 4.91 Å². The van der Waals surface area contributed by atoms with E-state index in [4.69, 9.17) is 0 Å².